The second kappa shape index (κ2) is 5.80. The van der Waals surface area contributed by atoms with E-state index in [1.165, 1.54) is 24.0 Å². The number of ketones is 1. The van der Waals surface area contributed by atoms with Gasteiger partial charge in [-0.15, -0.1) is 5.10 Å². The van der Waals surface area contributed by atoms with Gasteiger partial charge in [0.15, 0.2) is 11.5 Å². The Balaban J connectivity index is 2.13. The summed E-state index contributed by atoms with van der Waals surface area (Å²) in [6.45, 7) is 3.92. The van der Waals surface area contributed by atoms with E-state index in [0.717, 1.165) is 30.6 Å². The van der Waals surface area contributed by atoms with E-state index in [4.69, 9.17) is 0 Å². The fourth-order valence-corrected chi connectivity index (χ4v) is 3.16. The van der Waals surface area contributed by atoms with Gasteiger partial charge >= 0.3 is 0 Å². The molecule has 1 heterocycles. The number of aromatic nitrogens is 3. The first kappa shape index (κ1) is 14.0. The van der Waals surface area contributed by atoms with Crippen LogP contribution < -0.4 is 0 Å². The Hall–Kier alpha value is -1.97. The topological polar surface area (TPSA) is 47.8 Å². The van der Waals surface area contributed by atoms with Gasteiger partial charge < -0.3 is 0 Å². The predicted octanol–water partition coefficient (Wildman–Crippen LogP) is 3.30. The summed E-state index contributed by atoms with van der Waals surface area (Å²) >= 11 is 0. The van der Waals surface area contributed by atoms with E-state index in [2.05, 4.69) is 35.4 Å². The van der Waals surface area contributed by atoms with Crippen LogP contribution in [0.5, 0.6) is 0 Å². The molecule has 1 aromatic carbocycles. The van der Waals surface area contributed by atoms with Crippen LogP contribution in [0.1, 0.15) is 60.4 Å². The van der Waals surface area contributed by atoms with Crippen LogP contribution in [0.2, 0.25) is 0 Å². The van der Waals surface area contributed by atoms with Crippen LogP contribution in [-0.2, 0) is 19.3 Å². The highest BCUT2D eigenvalue weighted by atomic mass is 16.1. The van der Waals surface area contributed by atoms with Crippen molar-refractivity contribution < 1.29 is 4.79 Å². The second-order valence-electron chi connectivity index (χ2n) is 5.55. The van der Waals surface area contributed by atoms with Gasteiger partial charge in [-0.2, -0.15) is 0 Å². The molecule has 4 nitrogen and oxygen atoms in total. The third-order valence-corrected chi connectivity index (χ3v) is 4.28. The van der Waals surface area contributed by atoms with Crippen molar-refractivity contribution in [3.8, 4) is 5.69 Å². The molecule has 0 spiro atoms. The molecule has 1 aliphatic carbocycles. The molecule has 110 valence electrons. The number of fused-ring (bicyclic) bond motifs is 1. The third-order valence-electron chi connectivity index (χ3n) is 4.28. The number of rotatable bonds is 4. The SMILES string of the molecule is CCC(=O)c1nnn(-c2cccc3c2CCCC3)c1CC. The smallest absolute Gasteiger partial charge is 0.184 e. The summed E-state index contributed by atoms with van der Waals surface area (Å²) in [5.41, 5.74) is 5.36. The normalized spacial score (nSPS) is 14.0. The minimum absolute atomic E-state index is 0.0721. The molecule has 0 atom stereocenters. The standard InChI is InChI=1S/C17H21N3O/c1-3-14-17(16(21)4-2)18-19-20(14)15-11-7-9-12-8-5-6-10-13(12)15/h7,9,11H,3-6,8,10H2,1-2H3. The molecule has 4 heteroatoms. The molecule has 2 aromatic rings. The number of nitrogens with zero attached hydrogens (tertiary/aromatic N) is 3. The molecule has 1 aliphatic rings. The molecule has 3 rings (SSSR count). The summed E-state index contributed by atoms with van der Waals surface area (Å²) in [6, 6.07) is 6.39. The Morgan fingerprint density at radius 3 is 2.81 bits per heavy atom. The van der Waals surface area contributed by atoms with E-state index in [-0.39, 0.29) is 5.78 Å². The molecule has 0 N–H and O–H groups in total. The van der Waals surface area contributed by atoms with Crippen LogP contribution in [0.4, 0.5) is 0 Å². The van der Waals surface area contributed by atoms with Crippen molar-refractivity contribution in [1.82, 2.24) is 15.0 Å². The van der Waals surface area contributed by atoms with Crippen LogP contribution in [0.15, 0.2) is 18.2 Å². The molecule has 21 heavy (non-hydrogen) atoms. The van der Waals surface area contributed by atoms with E-state index in [0.29, 0.717) is 12.1 Å². The summed E-state index contributed by atoms with van der Waals surface area (Å²) < 4.78 is 1.88. The first-order valence-electron chi connectivity index (χ1n) is 7.85. The minimum atomic E-state index is 0.0721. The molecule has 0 unspecified atom stereocenters. The van der Waals surface area contributed by atoms with Crippen molar-refractivity contribution in [3.05, 3.63) is 40.7 Å². The molecule has 0 saturated heterocycles. The number of hydrogen-bond donors (Lipinski definition) is 0. The number of benzene rings is 1. The zero-order valence-corrected chi connectivity index (χ0v) is 12.7. The van der Waals surface area contributed by atoms with Gasteiger partial charge in [-0.1, -0.05) is 31.2 Å². The maximum atomic E-state index is 12.0. The number of hydrogen-bond acceptors (Lipinski definition) is 3. The first-order chi connectivity index (χ1) is 10.3. The number of Topliss-reactive ketones (excluding diaryl/α,β-unsaturated/α-hetero) is 1. The van der Waals surface area contributed by atoms with Crippen molar-refractivity contribution >= 4 is 5.78 Å². The number of carbonyl (C=O) groups is 1. The summed E-state index contributed by atoms with van der Waals surface area (Å²) in [6.07, 6.45) is 5.94. The van der Waals surface area contributed by atoms with Crippen LogP contribution >= 0.6 is 0 Å². The molecule has 0 bridgehead atoms. The summed E-state index contributed by atoms with van der Waals surface area (Å²) in [5.74, 6) is 0.0721. The van der Waals surface area contributed by atoms with Crippen LogP contribution in [0.3, 0.4) is 0 Å². The van der Waals surface area contributed by atoms with Crippen molar-refractivity contribution in [1.29, 1.82) is 0 Å². The van der Waals surface area contributed by atoms with Gasteiger partial charge in [-0.25, -0.2) is 4.68 Å². The van der Waals surface area contributed by atoms with Gasteiger partial charge in [-0.05, 0) is 49.3 Å². The Morgan fingerprint density at radius 1 is 1.24 bits per heavy atom. The Bertz CT molecular complexity index is 673. The third kappa shape index (κ3) is 2.39. The summed E-state index contributed by atoms with van der Waals surface area (Å²) in [5, 5.41) is 8.43. The summed E-state index contributed by atoms with van der Waals surface area (Å²) in [7, 11) is 0. The van der Waals surface area contributed by atoms with E-state index < -0.39 is 0 Å². The van der Waals surface area contributed by atoms with Crippen molar-refractivity contribution in [2.75, 3.05) is 0 Å². The Morgan fingerprint density at radius 2 is 2.05 bits per heavy atom. The van der Waals surface area contributed by atoms with Crippen molar-refractivity contribution in [2.45, 2.75) is 52.4 Å². The van der Waals surface area contributed by atoms with Crippen LogP contribution in [0, 0.1) is 0 Å². The lowest BCUT2D eigenvalue weighted by Crippen LogP contribution is -2.11. The molecule has 0 aliphatic heterocycles. The molecule has 1 aromatic heterocycles. The first-order valence-corrected chi connectivity index (χ1v) is 7.85. The molecule has 0 fully saturated rings. The quantitative estimate of drug-likeness (QED) is 0.809. The largest absolute Gasteiger partial charge is 0.292 e. The highest BCUT2D eigenvalue weighted by Gasteiger charge is 2.21. The zero-order chi connectivity index (χ0) is 14.8. The summed E-state index contributed by atoms with van der Waals surface area (Å²) in [4.78, 5) is 12.0. The average molecular weight is 283 g/mol. The Labute approximate surface area is 125 Å². The maximum absolute atomic E-state index is 12.0. The monoisotopic (exact) mass is 283 g/mol. The second-order valence-corrected chi connectivity index (χ2v) is 5.55. The molecule has 0 saturated carbocycles. The number of carbonyl (C=O) groups excluding carboxylic acids is 1. The lowest BCUT2D eigenvalue weighted by Gasteiger charge is -2.19. The fraction of sp³-hybridized carbons (Fsp3) is 0.471. The highest BCUT2D eigenvalue weighted by Crippen LogP contribution is 2.28. The van der Waals surface area contributed by atoms with E-state index >= 15 is 0 Å². The van der Waals surface area contributed by atoms with Gasteiger partial charge in [0, 0.05) is 6.42 Å². The van der Waals surface area contributed by atoms with E-state index in [1.807, 2.05) is 11.6 Å². The zero-order valence-electron chi connectivity index (χ0n) is 12.7. The Kier molecular flexibility index (Phi) is 3.86. The molecular weight excluding hydrogens is 262 g/mol. The molecular formula is C17H21N3O. The van der Waals surface area contributed by atoms with Crippen LogP contribution in [-0.4, -0.2) is 20.8 Å². The highest BCUT2D eigenvalue weighted by molar-refractivity contribution is 5.95. The maximum Gasteiger partial charge on any atom is 0.184 e. The predicted molar refractivity (Wildman–Crippen MR) is 82.0 cm³/mol. The lowest BCUT2D eigenvalue weighted by atomic mass is 9.90. The van der Waals surface area contributed by atoms with Gasteiger partial charge in [0.2, 0.25) is 0 Å². The molecule has 0 radical (unpaired) electrons. The lowest BCUT2D eigenvalue weighted by molar-refractivity contribution is 0.0982. The van der Waals surface area contributed by atoms with Gasteiger partial charge in [0.25, 0.3) is 0 Å². The number of aryl methyl sites for hydroxylation is 1. The van der Waals surface area contributed by atoms with Crippen molar-refractivity contribution in [3.63, 3.8) is 0 Å². The fourth-order valence-electron chi connectivity index (χ4n) is 3.16. The van der Waals surface area contributed by atoms with Crippen molar-refractivity contribution in [2.24, 2.45) is 0 Å². The molecule has 0 amide bonds. The van der Waals surface area contributed by atoms with Gasteiger partial charge in [0.1, 0.15) is 0 Å². The van der Waals surface area contributed by atoms with E-state index in [1.54, 1.807) is 0 Å². The van der Waals surface area contributed by atoms with E-state index in [9.17, 15) is 4.79 Å². The minimum Gasteiger partial charge on any atom is -0.292 e. The van der Waals surface area contributed by atoms with Crippen LogP contribution in [0.25, 0.3) is 5.69 Å². The van der Waals surface area contributed by atoms with Gasteiger partial charge in [0.05, 0.1) is 11.4 Å². The van der Waals surface area contributed by atoms with Gasteiger partial charge in [-0.3, -0.25) is 4.79 Å². The average Bonchev–Trinajstić information content (AvgIpc) is 2.97.